The normalized spacial score (nSPS) is 12.5. The molecule has 0 radical (unpaired) electrons. The minimum absolute atomic E-state index is 0.282. The third-order valence-electron chi connectivity index (χ3n) is 10.7. The van der Waals surface area contributed by atoms with Crippen LogP contribution in [0.25, 0.3) is 72.0 Å². The quantitative estimate of drug-likeness (QED) is 0.175. The maximum atomic E-state index is 7.04. The first-order valence-electron chi connectivity index (χ1n) is 17.8. The molecule has 0 saturated carbocycles. The minimum atomic E-state index is -0.282. The Bertz CT molecular complexity index is 2820. The van der Waals surface area contributed by atoms with Gasteiger partial charge in [0, 0.05) is 32.8 Å². The number of hydrogen-bond donors (Lipinski definition) is 0. The Labute approximate surface area is 302 Å². The minimum Gasteiger partial charge on any atom is -0.551 e. The second-order valence-corrected chi connectivity index (χ2v) is 13.6. The zero-order valence-corrected chi connectivity index (χ0v) is 28.2. The third kappa shape index (κ3) is 4.41. The van der Waals surface area contributed by atoms with E-state index in [2.05, 4.69) is 187 Å². The van der Waals surface area contributed by atoms with E-state index >= 15 is 0 Å². The van der Waals surface area contributed by atoms with E-state index in [1.54, 1.807) is 0 Å². The summed E-state index contributed by atoms with van der Waals surface area (Å²) in [5, 5.41) is 2.50. The molecule has 0 N–H and O–H groups in total. The molecule has 52 heavy (non-hydrogen) atoms. The first-order valence-corrected chi connectivity index (χ1v) is 17.8. The molecule has 0 bridgehead atoms. The van der Waals surface area contributed by atoms with Crippen LogP contribution in [0.3, 0.4) is 0 Å². The number of rotatable bonds is 4. The molecule has 2 aliphatic rings. The van der Waals surface area contributed by atoms with Crippen molar-refractivity contribution in [1.82, 2.24) is 4.57 Å². The highest BCUT2D eigenvalue weighted by molar-refractivity contribution is 6.84. The summed E-state index contributed by atoms with van der Waals surface area (Å²) < 4.78 is 16.1. The van der Waals surface area contributed by atoms with Crippen LogP contribution < -0.4 is 20.3 Å². The Morgan fingerprint density at radius 3 is 1.83 bits per heavy atom. The fraction of sp³-hybridized carbons (Fsp3) is 0. The number of nitrogens with zero attached hydrogens (tertiary/aromatic N) is 1. The summed E-state index contributed by atoms with van der Waals surface area (Å²) in [5.41, 5.74) is 14.8. The lowest BCUT2D eigenvalue weighted by Gasteiger charge is -2.33. The summed E-state index contributed by atoms with van der Waals surface area (Å²) in [7, 11) is 0. The van der Waals surface area contributed by atoms with Gasteiger partial charge in [-0.1, -0.05) is 140 Å². The van der Waals surface area contributed by atoms with Crippen LogP contribution >= 0.6 is 0 Å². The van der Waals surface area contributed by atoms with E-state index < -0.39 is 0 Å². The van der Waals surface area contributed by atoms with Gasteiger partial charge >= 0.3 is 6.92 Å². The third-order valence-corrected chi connectivity index (χ3v) is 10.7. The highest BCUT2D eigenvalue weighted by Crippen LogP contribution is 2.43. The molecule has 2 aliphatic heterocycles. The van der Waals surface area contributed by atoms with Gasteiger partial charge in [-0.2, -0.15) is 0 Å². The summed E-state index contributed by atoms with van der Waals surface area (Å²) in [6.07, 6.45) is 0. The zero-order valence-electron chi connectivity index (χ0n) is 28.2. The highest BCUT2D eigenvalue weighted by atomic mass is 16.5. The van der Waals surface area contributed by atoms with Gasteiger partial charge in [-0.05, 0) is 75.8 Å². The maximum Gasteiger partial charge on any atom is 0.434 e. The van der Waals surface area contributed by atoms with Crippen molar-refractivity contribution in [2.24, 2.45) is 0 Å². The standard InChI is InChI=1S/C48H30BNO2/c1-2-12-31(13-3-1)32-14-10-15-33(28-32)34-25-27-41-47(29-34)51-45-23-11-19-40-39-26-24-35(30-46(39)52-49(41)48(40)45)36-16-4-7-20-42(36)50-43-21-8-5-17-37(43)38-18-6-9-22-44(38)50/h1-30H. The molecule has 11 rings (SSSR count). The van der Waals surface area contributed by atoms with Crippen LogP contribution in [0.4, 0.5) is 0 Å². The van der Waals surface area contributed by atoms with Crippen LogP contribution in [0.1, 0.15) is 0 Å². The van der Waals surface area contributed by atoms with Crippen molar-refractivity contribution in [1.29, 1.82) is 0 Å². The molecule has 0 aliphatic carbocycles. The van der Waals surface area contributed by atoms with E-state index in [4.69, 9.17) is 9.39 Å². The Balaban J connectivity index is 1.01. The summed E-state index contributed by atoms with van der Waals surface area (Å²) in [6, 6.07) is 64.7. The Morgan fingerprint density at radius 2 is 1.00 bits per heavy atom. The Kier molecular flexibility index (Phi) is 6.35. The fourth-order valence-electron chi connectivity index (χ4n) is 8.29. The maximum absolute atomic E-state index is 7.04. The van der Waals surface area contributed by atoms with Crippen LogP contribution in [0, 0.1) is 0 Å². The van der Waals surface area contributed by atoms with E-state index in [0.717, 1.165) is 67.2 Å². The molecule has 9 aromatic rings. The number of hydrogen-bond acceptors (Lipinski definition) is 2. The summed E-state index contributed by atoms with van der Waals surface area (Å²) in [4.78, 5) is 0. The molecule has 3 nitrogen and oxygen atoms in total. The van der Waals surface area contributed by atoms with Crippen molar-refractivity contribution in [2.75, 3.05) is 0 Å². The lowest BCUT2D eigenvalue weighted by atomic mass is 9.51. The van der Waals surface area contributed by atoms with Crippen molar-refractivity contribution in [3.05, 3.63) is 182 Å². The summed E-state index contributed by atoms with van der Waals surface area (Å²) in [6.45, 7) is -0.282. The van der Waals surface area contributed by atoms with Gasteiger partial charge in [-0.15, -0.1) is 0 Å². The number of ether oxygens (including phenoxy) is 1. The van der Waals surface area contributed by atoms with Gasteiger partial charge in [-0.3, -0.25) is 0 Å². The molecule has 3 heterocycles. The molecule has 0 amide bonds. The molecule has 8 aromatic carbocycles. The predicted octanol–water partition coefficient (Wildman–Crippen LogP) is 11.1. The summed E-state index contributed by atoms with van der Waals surface area (Å²) >= 11 is 0. The van der Waals surface area contributed by atoms with Crippen molar-refractivity contribution >= 4 is 39.6 Å². The Hall–Kier alpha value is -6.78. The molecule has 4 heteroatoms. The average molecular weight is 664 g/mol. The molecular formula is C48H30BNO2. The van der Waals surface area contributed by atoms with Crippen LogP contribution in [-0.4, -0.2) is 11.5 Å². The number of aromatic nitrogens is 1. The molecule has 1 aromatic heterocycles. The lowest BCUT2D eigenvalue weighted by molar-refractivity contribution is 0.479. The van der Waals surface area contributed by atoms with Crippen molar-refractivity contribution in [3.8, 4) is 67.4 Å². The molecule has 0 saturated heterocycles. The topological polar surface area (TPSA) is 23.4 Å². The highest BCUT2D eigenvalue weighted by Gasteiger charge is 2.40. The second-order valence-electron chi connectivity index (χ2n) is 13.6. The van der Waals surface area contributed by atoms with Crippen molar-refractivity contribution < 1.29 is 9.39 Å². The molecule has 242 valence electrons. The van der Waals surface area contributed by atoms with Gasteiger partial charge in [-0.25, -0.2) is 0 Å². The Morgan fingerprint density at radius 1 is 0.385 bits per heavy atom. The van der Waals surface area contributed by atoms with Gasteiger partial charge in [0.2, 0.25) is 0 Å². The van der Waals surface area contributed by atoms with Gasteiger partial charge in [0.15, 0.2) is 0 Å². The average Bonchev–Trinajstić information content (AvgIpc) is 3.55. The lowest BCUT2D eigenvalue weighted by Crippen LogP contribution is -2.53. The second kappa shape index (κ2) is 11.4. The van der Waals surface area contributed by atoms with E-state index in [9.17, 15) is 0 Å². The smallest absolute Gasteiger partial charge is 0.434 e. The van der Waals surface area contributed by atoms with Gasteiger partial charge in [0.25, 0.3) is 0 Å². The van der Waals surface area contributed by atoms with Crippen molar-refractivity contribution in [3.63, 3.8) is 0 Å². The zero-order chi connectivity index (χ0) is 34.2. The summed E-state index contributed by atoms with van der Waals surface area (Å²) in [5.74, 6) is 2.54. The first kappa shape index (κ1) is 29.0. The molecular weight excluding hydrogens is 633 g/mol. The van der Waals surface area contributed by atoms with Gasteiger partial charge < -0.3 is 14.0 Å². The van der Waals surface area contributed by atoms with Crippen LogP contribution in [0.5, 0.6) is 17.2 Å². The monoisotopic (exact) mass is 663 g/mol. The van der Waals surface area contributed by atoms with Crippen LogP contribution in [-0.2, 0) is 0 Å². The fourth-order valence-corrected chi connectivity index (χ4v) is 8.29. The largest absolute Gasteiger partial charge is 0.551 e. The van der Waals surface area contributed by atoms with Crippen LogP contribution in [0.2, 0.25) is 0 Å². The first-order chi connectivity index (χ1) is 25.8. The van der Waals surface area contributed by atoms with E-state index in [0.29, 0.717) is 0 Å². The molecule has 0 spiro atoms. The van der Waals surface area contributed by atoms with E-state index in [1.807, 2.05) is 0 Å². The predicted molar refractivity (Wildman–Crippen MR) is 215 cm³/mol. The molecule has 0 fully saturated rings. The van der Waals surface area contributed by atoms with Crippen molar-refractivity contribution in [2.45, 2.75) is 0 Å². The number of para-hydroxylation sites is 3. The molecule has 0 unspecified atom stereocenters. The SMILES string of the molecule is c1ccc(-c2cccc(-c3ccc4c(c3)Oc3cccc5c3B4Oc3cc(-c4ccccc4-n4c6ccccc6c6ccccc64)ccc3-5)c2)cc1. The van der Waals surface area contributed by atoms with E-state index in [-0.39, 0.29) is 6.92 Å². The number of benzene rings is 8. The molecule has 0 atom stereocenters. The van der Waals surface area contributed by atoms with Gasteiger partial charge in [0.1, 0.15) is 17.2 Å². The van der Waals surface area contributed by atoms with E-state index in [1.165, 1.54) is 32.9 Å². The van der Waals surface area contributed by atoms with Gasteiger partial charge in [0.05, 0.1) is 16.7 Å². The van der Waals surface area contributed by atoms with Crippen LogP contribution in [0.15, 0.2) is 182 Å². The number of fused-ring (bicyclic) bond motifs is 7.